The number of nitrogens with two attached hydrogens (primary N) is 3. The molecule has 1 aromatic carbocycles. The molecule has 0 bridgehead atoms. The Labute approximate surface area is 180 Å². The SMILES string of the molecule is CC(N)C(=O)NC(CCCN=C(N)N)C(=O)Nc1ccc2c(C(F)(F)F)cc(=O)oc2c1. The summed E-state index contributed by atoms with van der Waals surface area (Å²) in [5.41, 5.74) is 13.4. The lowest BCUT2D eigenvalue weighted by Gasteiger charge is -2.19. The van der Waals surface area contributed by atoms with Crippen LogP contribution in [-0.2, 0) is 15.8 Å². The van der Waals surface area contributed by atoms with Crippen molar-refractivity contribution in [2.75, 3.05) is 11.9 Å². The molecule has 8 N–H and O–H groups in total. The second-order valence-corrected chi connectivity index (χ2v) is 6.98. The molecular formula is C19H23F3N6O4. The van der Waals surface area contributed by atoms with E-state index in [1.807, 2.05) is 0 Å². The fourth-order valence-electron chi connectivity index (χ4n) is 2.78. The Kier molecular flexibility index (Phi) is 7.81. The van der Waals surface area contributed by atoms with Gasteiger partial charge in [0, 0.05) is 29.8 Å². The maximum absolute atomic E-state index is 13.2. The van der Waals surface area contributed by atoms with Crippen molar-refractivity contribution in [3.05, 3.63) is 40.2 Å². The van der Waals surface area contributed by atoms with Crippen molar-refractivity contribution >= 4 is 34.4 Å². The number of nitrogens with one attached hydrogen (secondary N) is 2. The maximum Gasteiger partial charge on any atom is 0.417 e. The monoisotopic (exact) mass is 456 g/mol. The topological polar surface area (TPSA) is 179 Å². The maximum atomic E-state index is 13.2. The van der Waals surface area contributed by atoms with E-state index in [0.29, 0.717) is 12.5 Å². The number of rotatable bonds is 8. The number of hydrogen-bond donors (Lipinski definition) is 5. The number of nitrogens with zero attached hydrogens (tertiary/aromatic N) is 1. The van der Waals surface area contributed by atoms with Crippen LogP contribution in [0, 0.1) is 0 Å². The number of carbonyl (C=O) groups is 2. The third-order valence-electron chi connectivity index (χ3n) is 4.31. The molecule has 13 heteroatoms. The molecule has 32 heavy (non-hydrogen) atoms. The molecule has 0 spiro atoms. The first-order valence-electron chi connectivity index (χ1n) is 9.46. The van der Waals surface area contributed by atoms with Crippen molar-refractivity contribution in [3.63, 3.8) is 0 Å². The van der Waals surface area contributed by atoms with Crippen molar-refractivity contribution in [1.82, 2.24) is 5.32 Å². The van der Waals surface area contributed by atoms with E-state index in [1.54, 1.807) is 0 Å². The van der Waals surface area contributed by atoms with Gasteiger partial charge in [-0.1, -0.05) is 0 Å². The second kappa shape index (κ2) is 10.1. The standard InChI is InChI=1S/C19H23F3N6O4/c1-9(23)16(30)28-13(3-2-6-26-18(24)25)17(31)27-10-4-5-11-12(19(20,21)22)8-15(29)32-14(11)7-10/h4-5,7-9,13H,2-3,6,23H2,1H3,(H,27,31)(H,28,30)(H4,24,25,26). The lowest BCUT2D eigenvalue weighted by molar-refractivity contribution is -0.136. The summed E-state index contributed by atoms with van der Waals surface area (Å²) in [7, 11) is 0. The van der Waals surface area contributed by atoms with Gasteiger partial charge in [-0.15, -0.1) is 0 Å². The zero-order chi connectivity index (χ0) is 24.1. The van der Waals surface area contributed by atoms with Gasteiger partial charge in [-0.2, -0.15) is 13.2 Å². The minimum atomic E-state index is -4.76. The molecule has 0 aliphatic carbocycles. The zero-order valence-electron chi connectivity index (χ0n) is 17.0. The van der Waals surface area contributed by atoms with Crippen LogP contribution in [0.3, 0.4) is 0 Å². The Balaban J connectivity index is 2.26. The second-order valence-electron chi connectivity index (χ2n) is 6.98. The van der Waals surface area contributed by atoms with Crippen molar-refractivity contribution in [2.24, 2.45) is 22.2 Å². The first kappa shape index (κ1) is 24.7. The first-order valence-corrected chi connectivity index (χ1v) is 9.46. The summed E-state index contributed by atoms with van der Waals surface area (Å²) in [5, 5.41) is 4.63. The van der Waals surface area contributed by atoms with Gasteiger partial charge in [-0.05, 0) is 31.9 Å². The van der Waals surface area contributed by atoms with Gasteiger partial charge in [0.2, 0.25) is 11.8 Å². The number of benzene rings is 1. The molecule has 10 nitrogen and oxygen atoms in total. The Morgan fingerprint density at radius 2 is 1.88 bits per heavy atom. The third kappa shape index (κ3) is 6.70. The van der Waals surface area contributed by atoms with Crippen LogP contribution in [0.4, 0.5) is 18.9 Å². The van der Waals surface area contributed by atoms with Gasteiger partial charge in [-0.25, -0.2) is 4.79 Å². The van der Waals surface area contributed by atoms with E-state index in [-0.39, 0.29) is 35.6 Å². The molecule has 0 saturated carbocycles. The number of alkyl halides is 3. The number of fused-ring (bicyclic) bond motifs is 1. The minimum absolute atomic E-state index is 0.0641. The Hall–Kier alpha value is -3.61. The molecule has 0 fully saturated rings. The Morgan fingerprint density at radius 1 is 1.19 bits per heavy atom. The summed E-state index contributed by atoms with van der Waals surface area (Å²) < 4.78 is 44.4. The van der Waals surface area contributed by atoms with E-state index in [4.69, 9.17) is 21.6 Å². The van der Waals surface area contributed by atoms with E-state index in [9.17, 15) is 27.6 Å². The van der Waals surface area contributed by atoms with E-state index in [1.165, 1.54) is 13.0 Å². The molecule has 2 unspecified atom stereocenters. The van der Waals surface area contributed by atoms with Gasteiger partial charge in [0.05, 0.1) is 11.6 Å². The Bertz CT molecular complexity index is 1080. The van der Waals surface area contributed by atoms with Crippen LogP contribution in [-0.4, -0.2) is 36.4 Å². The highest BCUT2D eigenvalue weighted by Gasteiger charge is 2.34. The molecule has 0 saturated heterocycles. The van der Waals surface area contributed by atoms with Gasteiger partial charge in [0.15, 0.2) is 5.96 Å². The number of anilines is 1. The molecule has 0 aliphatic rings. The lowest BCUT2D eigenvalue weighted by atomic mass is 10.1. The fraction of sp³-hybridized carbons (Fsp3) is 0.368. The van der Waals surface area contributed by atoms with Crippen LogP contribution in [0.2, 0.25) is 0 Å². The van der Waals surface area contributed by atoms with Crippen LogP contribution in [0.1, 0.15) is 25.3 Å². The molecule has 0 aliphatic heterocycles. The van der Waals surface area contributed by atoms with Crippen LogP contribution in [0.15, 0.2) is 38.5 Å². The van der Waals surface area contributed by atoms with E-state index >= 15 is 0 Å². The van der Waals surface area contributed by atoms with Crippen LogP contribution < -0.4 is 33.5 Å². The Morgan fingerprint density at radius 3 is 2.47 bits per heavy atom. The minimum Gasteiger partial charge on any atom is -0.423 e. The summed E-state index contributed by atoms with van der Waals surface area (Å²) >= 11 is 0. The average molecular weight is 456 g/mol. The van der Waals surface area contributed by atoms with Crippen LogP contribution >= 0.6 is 0 Å². The summed E-state index contributed by atoms with van der Waals surface area (Å²) in [6.07, 6.45) is -4.26. The van der Waals surface area contributed by atoms with Crippen molar-refractivity contribution in [1.29, 1.82) is 0 Å². The molecule has 1 aromatic heterocycles. The molecule has 174 valence electrons. The van der Waals surface area contributed by atoms with Crippen LogP contribution in [0.25, 0.3) is 11.0 Å². The van der Waals surface area contributed by atoms with E-state index < -0.39 is 41.3 Å². The van der Waals surface area contributed by atoms with Crippen molar-refractivity contribution in [3.8, 4) is 0 Å². The molecule has 1 heterocycles. The number of halogens is 3. The highest BCUT2D eigenvalue weighted by Crippen LogP contribution is 2.34. The van der Waals surface area contributed by atoms with Crippen molar-refractivity contribution < 1.29 is 27.2 Å². The van der Waals surface area contributed by atoms with Crippen molar-refractivity contribution in [2.45, 2.75) is 38.0 Å². The summed E-state index contributed by atoms with van der Waals surface area (Å²) in [4.78, 5) is 40.0. The van der Waals surface area contributed by atoms with Gasteiger partial charge in [0.1, 0.15) is 11.6 Å². The smallest absolute Gasteiger partial charge is 0.417 e. The molecule has 2 amide bonds. The quantitative estimate of drug-likeness (QED) is 0.167. The summed E-state index contributed by atoms with van der Waals surface area (Å²) in [6, 6.07) is 1.85. The van der Waals surface area contributed by atoms with E-state index in [2.05, 4.69) is 15.6 Å². The number of aliphatic imine (C=N–C) groups is 1. The fourth-order valence-corrected chi connectivity index (χ4v) is 2.78. The highest BCUT2D eigenvalue weighted by molar-refractivity contribution is 5.99. The van der Waals surface area contributed by atoms with E-state index in [0.717, 1.165) is 12.1 Å². The summed E-state index contributed by atoms with van der Waals surface area (Å²) in [6.45, 7) is 1.65. The zero-order valence-corrected chi connectivity index (χ0v) is 17.0. The molecule has 0 radical (unpaired) electrons. The average Bonchev–Trinajstić information content (AvgIpc) is 2.68. The lowest BCUT2D eigenvalue weighted by Crippen LogP contribution is -2.49. The third-order valence-corrected chi connectivity index (χ3v) is 4.31. The van der Waals surface area contributed by atoms with Gasteiger partial charge in [-0.3, -0.25) is 14.6 Å². The molecule has 2 atom stereocenters. The molecule has 2 rings (SSSR count). The number of carbonyl (C=O) groups excluding carboxylic acids is 2. The molecular weight excluding hydrogens is 433 g/mol. The van der Waals surface area contributed by atoms with Gasteiger partial charge >= 0.3 is 11.8 Å². The highest BCUT2D eigenvalue weighted by atomic mass is 19.4. The normalized spacial score (nSPS) is 13.3. The predicted octanol–water partition coefficient (Wildman–Crippen LogP) is 0.636. The van der Waals surface area contributed by atoms with Gasteiger partial charge in [0.25, 0.3) is 0 Å². The molecule has 2 aromatic rings. The number of hydrogen-bond acceptors (Lipinski definition) is 6. The van der Waals surface area contributed by atoms with Gasteiger partial charge < -0.3 is 32.3 Å². The predicted molar refractivity (Wildman–Crippen MR) is 112 cm³/mol. The van der Waals surface area contributed by atoms with Crippen LogP contribution in [0.5, 0.6) is 0 Å². The first-order chi connectivity index (χ1) is 14.9. The largest absolute Gasteiger partial charge is 0.423 e. The number of guanidine groups is 1. The summed E-state index contributed by atoms with van der Waals surface area (Å²) in [5.74, 6) is -1.36. The number of amides is 2.